The number of nitrogens with one attached hydrogen (secondary N) is 1. The van der Waals surface area contributed by atoms with Gasteiger partial charge in [-0.2, -0.15) is 0 Å². The molecule has 2 aromatic carbocycles. The van der Waals surface area contributed by atoms with Crippen molar-refractivity contribution in [3.8, 4) is 0 Å². The first-order chi connectivity index (χ1) is 14.5. The van der Waals surface area contributed by atoms with Crippen molar-refractivity contribution in [1.82, 2.24) is 4.90 Å². The van der Waals surface area contributed by atoms with E-state index in [1.807, 2.05) is 63.2 Å². The number of aryl methyl sites for hydroxylation is 3. The van der Waals surface area contributed by atoms with Crippen LogP contribution in [0.5, 0.6) is 0 Å². The Bertz CT molecular complexity index is 961. The average Bonchev–Trinajstić information content (AvgIpc) is 2.97. The third kappa shape index (κ3) is 4.62. The van der Waals surface area contributed by atoms with Crippen molar-refractivity contribution in [3.05, 3.63) is 70.4 Å². The number of amides is 2. The van der Waals surface area contributed by atoms with Crippen molar-refractivity contribution in [2.24, 2.45) is 0 Å². The molecular weight excluding hydrogens is 376 g/mol. The summed E-state index contributed by atoms with van der Waals surface area (Å²) < 4.78 is 5.37. The van der Waals surface area contributed by atoms with Crippen LogP contribution in [-0.2, 0) is 20.7 Å². The summed E-state index contributed by atoms with van der Waals surface area (Å²) in [7, 11) is 0. The lowest BCUT2D eigenvalue weighted by molar-refractivity contribution is -0.137. The molecule has 0 saturated carbocycles. The number of carbonyl (C=O) groups is 2. The van der Waals surface area contributed by atoms with Gasteiger partial charge in [0.25, 0.3) is 11.8 Å². The molecule has 0 bridgehead atoms. The van der Waals surface area contributed by atoms with Crippen LogP contribution in [0, 0.1) is 13.8 Å². The summed E-state index contributed by atoms with van der Waals surface area (Å²) in [5.74, 6) is -0.545. The molecule has 3 rings (SSSR count). The molecule has 0 radical (unpaired) electrons. The molecule has 0 spiro atoms. The van der Waals surface area contributed by atoms with Gasteiger partial charge in [-0.25, -0.2) is 0 Å². The number of carbonyl (C=O) groups excluding carboxylic acids is 2. The molecule has 2 amide bonds. The molecule has 1 heterocycles. The first-order valence-electron chi connectivity index (χ1n) is 10.6. The van der Waals surface area contributed by atoms with Crippen molar-refractivity contribution in [3.63, 3.8) is 0 Å². The molecule has 1 aliphatic heterocycles. The topological polar surface area (TPSA) is 58.6 Å². The van der Waals surface area contributed by atoms with E-state index in [4.69, 9.17) is 4.74 Å². The highest BCUT2D eigenvalue weighted by atomic mass is 16.5. The van der Waals surface area contributed by atoms with Gasteiger partial charge in [-0.15, -0.1) is 0 Å². The van der Waals surface area contributed by atoms with Crippen LogP contribution in [0.2, 0.25) is 0 Å². The summed E-state index contributed by atoms with van der Waals surface area (Å²) in [4.78, 5) is 27.8. The van der Waals surface area contributed by atoms with E-state index in [1.165, 1.54) is 10.5 Å². The number of hydrogen-bond acceptors (Lipinski definition) is 4. The number of imide groups is 1. The second-order valence-corrected chi connectivity index (χ2v) is 7.54. The Labute approximate surface area is 178 Å². The minimum atomic E-state index is -0.288. The maximum atomic E-state index is 13.2. The van der Waals surface area contributed by atoms with Gasteiger partial charge < -0.3 is 10.1 Å². The van der Waals surface area contributed by atoms with Crippen LogP contribution in [0.15, 0.2) is 48.2 Å². The third-order valence-corrected chi connectivity index (χ3v) is 5.47. The summed E-state index contributed by atoms with van der Waals surface area (Å²) in [6, 6.07) is 13.8. The molecule has 0 fully saturated rings. The van der Waals surface area contributed by atoms with Crippen LogP contribution in [0.4, 0.5) is 5.69 Å². The van der Waals surface area contributed by atoms with Crippen LogP contribution < -0.4 is 5.32 Å². The minimum Gasteiger partial charge on any atom is -0.382 e. The lowest BCUT2D eigenvalue weighted by atomic mass is 9.99. The Kier molecular flexibility index (Phi) is 7.06. The van der Waals surface area contributed by atoms with E-state index in [-0.39, 0.29) is 11.8 Å². The van der Waals surface area contributed by atoms with E-state index in [9.17, 15) is 9.59 Å². The molecular formula is C25H30N2O3. The first kappa shape index (κ1) is 21.8. The molecule has 2 aromatic rings. The van der Waals surface area contributed by atoms with Crippen molar-refractivity contribution in [1.29, 1.82) is 0 Å². The second kappa shape index (κ2) is 9.72. The van der Waals surface area contributed by atoms with E-state index in [2.05, 4.69) is 12.2 Å². The highest BCUT2D eigenvalue weighted by Crippen LogP contribution is 2.31. The van der Waals surface area contributed by atoms with Crippen LogP contribution in [0.3, 0.4) is 0 Å². The zero-order chi connectivity index (χ0) is 21.7. The Balaban J connectivity index is 1.95. The van der Waals surface area contributed by atoms with Gasteiger partial charge in [0.05, 0.1) is 5.57 Å². The predicted octanol–water partition coefficient (Wildman–Crippen LogP) is 4.48. The van der Waals surface area contributed by atoms with Crippen molar-refractivity contribution in [2.75, 3.05) is 25.1 Å². The number of benzene rings is 2. The Hall–Kier alpha value is -2.92. The van der Waals surface area contributed by atoms with Gasteiger partial charge in [-0.1, -0.05) is 37.3 Å². The van der Waals surface area contributed by atoms with Gasteiger partial charge in [0.2, 0.25) is 0 Å². The lowest BCUT2D eigenvalue weighted by Crippen LogP contribution is -2.34. The summed E-state index contributed by atoms with van der Waals surface area (Å²) in [5.41, 5.74) is 5.77. The van der Waals surface area contributed by atoms with Crippen molar-refractivity contribution in [2.45, 2.75) is 40.5 Å². The SMILES string of the molecule is CCOCCCN1C(=O)C(Nc2ccc(CC)cc2)=C(c2ccc(C)c(C)c2)C1=O. The van der Waals surface area contributed by atoms with Gasteiger partial charge in [-0.05, 0) is 68.0 Å². The molecule has 0 aromatic heterocycles. The lowest BCUT2D eigenvalue weighted by Gasteiger charge is -2.15. The molecule has 0 saturated heterocycles. The summed E-state index contributed by atoms with van der Waals surface area (Å²) in [6.45, 7) is 9.55. The van der Waals surface area contributed by atoms with Crippen molar-refractivity contribution >= 4 is 23.1 Å². The van der Waals surface area contributed by atoms with Gasteiger partial charge in [0.15, 0.2) is 0 Å². The van der Waals surface area contributed by atoms with E-state index in [1.54, 1.807) is 0 Å². The summed E-state index contributed by atoms with van der Waals surface area (Å²) in [5, 5.41) is 3.22. The molecule has 1 N–H and O–H groups in total. The molecule has 5 nitrogen and oxygen atoms in total. The number of hydrogen-bond donors (Lipinski definition) is 1. The fraction of sp³-hybridized carbons (Fsp3) is 0.360. The fourth-order valence-electron chi connectivity index (χ4n) is 3.50. The standard InChI is InChI=1S/C25H30N2O3/c1-5-19-9-12-21(13-10-19)26-23-22(20-11-8-17(3)18(4)16-20)24(28)27(25(23)29)14-7-15-30-6-2/h8-13,16,26H,5-7,14-15H2,1-4H3. The quantitative estimate of drug-likeness (QED) is 0.493. The summed E-state index contributed by atoms with van der Waals surface area (Å²) in [6.07, 6.45) is 1.56. The predicted molar refractivity (Wildman–Crippen MR) is 120 cm³/mol. The Morgan fingerprint density at radius 3 is 2.30 bits per heavy atom. The molecule has 0 unspecified atom stereocenters. The van der Waals surface area contributed by atoms with Crippen LogP contribution >= 0.6 is 0 Å². The molecule has 30 heavy (non-hydrogen) atoms. The Morgan fingerprint density at radius 1 is 0.933 bits per heavy atom. The van der Waals surface area contributed by atoms with Crippen molar-refractivity contribution < 1.29 is 14.3 Å². The normalized spacial score (nSPS) is 14.1. The van der Waals surface area contributed by atoms with E-state index < -0.39 is 0 Å². The maximum Gasteiger partial charge on any atom is 0.278 e. The third-order valence-electron chi connectivity index (χ3n) is 5.47. The highest BCUT2D eigenvalue weighted by Gasteiger charge is 2.38. The van der Waals surface area contributed by atoms with E-state index in [0.29, 0.717) is 37.4 Å². The highest BCUT2D eigenvalue weighted by molar-refractivity contribution is 6.36. The molecule has 0 aliphatic carbocycles. The molecule has 5 heteroatoms. The monoisotopic (exact) mass is 406 g/mol. The zero-order valence-electron chi connectivity index (χ0n) is 18.2. The number of rotatable bonds is 9. The van der Waals surface area contributed by atoms with Gasteiger partial charge in [0, 0.05) is 25.4 Å². The number of nitrogens with zero attached hydrogens (tertiary/aromatic N) is 1. The largest absolute Gasteiger partial charge is 0.382 e. The first-order valence-corrected chi connectivity index (χ1v) is 10.6. The fourth-order valence-corrected chi connectivity index (χ4v) is 3.50. The summed E-state index contributed by atoms with van der Waals surface area (Å²) >= 11 is 0. The number of anilines is 1. The van der Waals surface area contributed by atoms with Crippen LogP contribution in [0.1, 0.15) is 42.5 Å². The zero-order valence-corrected chi connectivity index (χ0v) is 18.2. The molecule has 0 atom stereocenters. The molecule has 158 valence electrons. The smallest absolute Gasteiger partial charge is 0.278 e. The van der Waals surface area contributed by atoms with Gasteiger partial charge in [-0.3, -0.25) is 14.5 Å². The minimum absolute atomic E-state index is 0.257. The molecule has 1 aliphatic rings. The second-order valence-electron chi connectivity index (χ2n) is 7.54. The average molecular weight is 407 g/mol. The van der Waals surface area contributed by atoms with E-state index >= 15 is 0 Å². The Morgan fingerprint density at radius 2 is 1.67 bits per heavy atom. The van der Waals surface area contributed by atoms with Crippen LogP contribution in [-0.4, -0.2) is 36.5 Å². The maximum absolute atomic E-state index is 13.2. The van der Waals surface area contributed by atoms with Gasteiger partial charge in [0.1, 0.15) is 5.70 Å². The van der Waals surface area contributed by atoms with E-state index in [0.717, 1.165) is 28.8 Å². The van der Waals surface area contributed by atoms with Crippen LogP contribution in [0.25, 0.3) is 5.57 Å². The van der Waals surface area contributed by atoms with Gasteiger partial charge >= 0.3 is 0 Å². The number of ether oxygens (including phenoxy) is 1.